The number of morpholine rings is 1. The zero-order valence-corrected chi connectivity index (χ0v) is 10.4. The largest absolute Gasteiger partial charge is 0.390 e. The maximum Gasteiger partial charge on any atom is 0.244 e. The summed E-state index contributed by atoms with van der Waals surface area (Å²) >= 11 is 0. The summed E-state index contributed by atoms with van der Waals surface area (Å²) in [5.74, 6) is 0. The van der Waals surface area contributed by atoms with Crippen LogP contribution < -0.4 is 0 Å². The van der Waals surface area contributed by atoms with Gasteiger partial charge >= 0.3 is 0 Å². The van der Waals surface area contributed by atoms with Crippen molar-refractivity contribution in [3.05, 3.63) is 18.0 Å². The average Bonchev–Trinajstić information content (AvgIpc) is 2.78. The van der Waals surface area contributed by atoms with Gasteiger partial charge in [-0.1, -0.05) is 0 Å². The molecule has 7 heteroatoms. The lowest BCUT2D eigenvalue weighted by Crippen LogP contribution is -2.44. The van der Waals surface area contributed by atoms with Gasteiger partial charge in [0, 0.05) is 25.0 Å². The number of ether oxygens (including phenoxy) is 1. The molecule has 1 unspecified atom stereocenters. The van der Waals surface area contributed by atoms with Crippen LogP contribution in [0.2, 0.25) is 0 Å². The van der Waals surface area contributed by atoms with E-state index in [2.05, 4.69) is 4.98 Å². The van der Waals surface area contributed by atoms with Gasteiger partial charge in [0.15, 0.2) is 0 Å². The van der Waals surface area contributed by atoms with E-state index in [1.807, 2.05) is 6.92 Å². The Hall–Kier alpha value is -0.890. The molecule has 2 N–H and O–H groups in total. The van der Waals surface area contributed by atoms with E-state index in [4.69, 9.17) is 9.84 Å². The van der Waals surface area contributed by atoms with Gasteiger partial charge in [0.2, 0.25) is 10.0 Å². The van der Waals surface area contributed by atoms with Gasteiger partial charge in [0.1, 0.15) is 0 Å². The number of nitrogens with zero attached hydrogens (tertiary/aromatic N) is 1. The molecule has 96 valence electrons. The predicted molar refractivity (Wildman–Crippen MR) is 60.9 cm³/mol. The second-order valence-corrected chi connectivity index (χ2v) is 6.00. The molecule has 0 aliphatic carbocycles. The molecule has 2 rings (SSSR count). The highest BCUT2D eigenvalue weighted by molar-refractivity contribution is 7.89. The van der Waals surface area contributed by atoms with Gasteiger partial charge in [-0.25, -0.2) is 8.42 Å². The van der Waals surface area contributed by atoms with Gasteiger partial charge in [-0.2, -0.15) is 4.31 Å². The van der Waals surface area contributed by atoms with Crippen LogP contribution in [0.4, 0.5) is 0 Å². The van der Waals surface area contributed by atoms with Crippen LogP contribution in [0.3, 0.4) is 0 Å². The minimum atomic E-state index is -3.47. The fourth-order valence-corrected chi connectivity index (χ4v) is 3.33. The molecule has 1 atom stereocenters. The molecule has 0 amide bonds. The van der Waals surface area contributed by atoms with Gasteiger partial charge in [-0.15, -0.1) is 0 Å². The molecule has 1 aromatic rings. The van der Waals surface area contributed by atoms with Crippen LogP contribution in [-0.2, 0) is 21.4 Å². The Labute approximate surface area is 100 Å². The number of hydrogen-bond donors (Lipinski definition) is 2. The third-order valence-corrected chi connectivity index (χ3v) is 4.57. The average molecular weight is 260 g/mol. The van der Waals surface area contributed by atoms with E-state index in [9.17, 15) is 8.42 Å². The molecule has 0 spiro atoms. The van der Waals surface area contributed by atoms with Gasteiger partial charge in [0.25, 0.3) is 0 Å². The van der Waals surface area contributed by atoms with E-state index >= 15 is 0 Å². The van der Waals surface area contributed by atoms with Crippen molar-refractivity contribution in [2.45, 2.75) is 24.5 Å². The van der Waals surface area contributed by atoms with E-state index in [1.165, 1.54) is 16.6 Å². The molecule has 2 heterocycles. The molecular formula is C10H16N2O4S. The van der Waals surface area contributed by atoms with E-state index in [-0.39, 0.29) is 17.6 Å². The Kier molecular flexibility index (Phi) is 3.53. The van der Waals surface area contributed by atoms with Crippen LogP contribution in [0.25, 0.3) is 0 Å². The fourth-order valence-electron chi connectivity index (χ4n) is 1.81. The minimum Gasteiger partial charge on any atom is -0.390 e. The first kappa shape index (κ1) is 12.6. The van der Waals surface area contributed by atoms with Crippen LogP contribution in [-0.4, -0.2) is 48.6 Å². The van der Waals surface area contributed by atoms with Crippen LogP contribution in [0, 0.1) is 0 Å². The van der Waals surface area contributed by atoms with Crippen molar-refractivity contribution in [2.75, 3.05) is 19.7 Å². The molecule has 1 aliphatic heterocycles. The van der Waals surface area contributed by atoms with Crippen molar-refractivity contribution in [3.63, 3.8) is 0 Å². The number of nitrogens with one attached hydrogen (secondary N) is 1. The second-order valence-electron chi connectivity index (χ2n) is 4.06. The molecule has 6 nitrogen and oxygen atoms in total. The Balaban J connectivity index is 2.23. The monoisotopic (exact) mass is 260 g/mol. The smallest absolute Gasteiger partial charge is 0.244 e. The summed E-state index contributed by atoms with van der Waals surface area (Å²) in [4.78, 5) is 2.92. The van der Waals surface area contributed by atoms with Crippen molar-refractivity contribution in [1.82, 2.24) is 9.29 Å². The molecular weight excluding hydrogens is 244 g/mol. The van der Waals surface area contributed by atoms with E-state index < -0.39 is 10.0 Å². The van der Waals surface area contributed by atoms with Crippen molar-refractivity contribution in [3.8, 4) is 0 Å². The standard InChI is InChI=1S/C10H16N2O4S/c1-8-6-12(2-3-16-8)17(14,15)10-4-9(7-13)11-5-10/h4-5,8,11,13H,2-3,6-7H2,1H3. The van der Waals surface area contributed by atoms with Crippen molar-refractivity contribution in [2.24, 2.45) is 0 Å². The topological polar surface area (TPSA) is 82.6 Å². The lowest BCUT2D eigenvalue weighted by molar-refractivity contribution is 0.0102. The fraction of sp³-hybridized carbons (Fsp3) is 0.600. The summed E-state index contributed by atoms with van der Waals surface area (Å²) in [6.07, 6.45) is 1.32. The lowest BCUT2D eigenvalue weighted by atomic mass is 10.3. The Bertz CT molecular complexity index is 482. The highest BCUT2D eigenvalue weighted by Crippen LogP contribution is 2.19. The van der Waals surface area contributed by atoms with Crippen LogP contribution in [0.15, 0.2) is 17.2 Å². The molecule has 1 fully saturated rings. The maximum atomic E-state index is 12.2. The van der Waals surface area contributed by atoms with Crippen molar-refractivity contribution >= 4 is 10.0 Å². The van der Waals surface area contributed by atoms with E-state index in [0.29, 0.717) is 25.4 Å². The number of H-pyrrole nitrogens is 1. The highest BCUT2D eigenvalue weighted by Gasteiger charge is 2.29. The van der Waals surface area contributed by atoms with Crippen molar-refractivity contribution < 1.29 is 18.3 Å². The number of sulfonamides is 1. The SMILES string of the molecule is CC1CN(S(=O)(=O)c2c[nH]c(CO)c2)CCO1. The third-order valence-electron chi connectivity index (χ3n) is 2.73. The zero-order valence-electron chi connectivity index (χ0n) is 9.59. The number of aromatic amines is 1. The first-order valence-corrected chi connectivity index (χ1v) is 6.88. The molecule has 1 saturated heterocycles. The van der Waals surface area contributed by atoms with Gasteiger partial charge in [-0.05, 0) is 13.0 Å². The lowest BCUT2D eigenvalue weighted by Gasteiger charge is -2.29. The summed E-state index contributed by atoms with van der Waals surface area (Å²) in [7, 11) is -3.47. The number of aromatic nitrogens is 1. The summed E-state index contributed by atoms with van der Waals surface area (Å²) in [5.41, 5.74) is 0.491. The minimum absolute atomic E-state index is 0.0882. The summed E-state index contributed by atoms with van der Waals surface area (Å²) in [6.45, 7) is 2.79. The number of hydrogen-bond acceptors (Lipinski definition) is 4. The number of aliphatic hydroxyl groups is 1. The summed E-state index contributed by atoms with van der Waals surface area (Å²) in [5, 5.41) is 8.91. The molecule has 17 heavy (non-hydrogen) atoms. The Morgan fingerprint density at radius 2 is 2.41 bits per heavy atom. The number of rotatable bonds is 3. The third kappa shape index (κ3) is 2.52. The molecule has 0 bridgehead atoms. The summed E-state index contributed by atoms with van der Waals surface area (Å²) in [6, 6.07) is 1.45. The Morgan fingerprint density at radius 3 is 3.00 bits per heavy atom. The first-order valence-electron chi connectivity index (χ1n) is 5.44. The van der Waals surface area contributed by atoms with Gasteiger partial charge in [-0.3, -0.25) is 0 Å². The normalized spacial score (nSPS) is 22.8. The summed E-state index contributed by atoms with van der Waals surface area (Å²) < 4.78 is 31.2. The molecule has 0 saturated carbocycles. The molecule has 1 aromatic heterocycles. The van der Waals surface area contributed by atoms with E-state index in [0.717, 1.165) is 0 Å². The second kappa shape index (κ2) is 4.77. The van der Waals surface area contributed by atoms with Crippen molar-refractivity contribution in [1.29, 1.82) is 0 Å². The van der Waals surface area contributed by atoms with Crippen LogP contribution in [0.5, 0.6) is 0 Å². The van der Waals surface area contributed by atoms with Gasteiger partial charge in [0.05, 0.1) is 24.2 Å². The maximum absolute atomic E-state index is 12.2. The molecule has 0 aromatic carbocycles. The first-order chi connectivity index (χ1) is 8.04. The van der Waals surface area contributed by atoms with Crippen LogP contribution >= 0.6 is 0 Å². The molecule has 0 radical (unpaired) electrons. The number of aliphatic hydroxyl groups excluding tert-OH is 1. The zero-order chi connectivity index (χ0) is 12.5. The Morgan fingerprint density at radius 1 is 1.65 bits per heavy atom. The predicted octanol–water partition coefficient (Wildman–Crippen LogP) is -0.0836. The highest BCUT2D eigenvalue weighted by atomic mass is 32.2. The quantitative estimate of drug-likeness (QED) is 0.796. The van der Waals surface area contributed by atoms with E-state index in [1.54, 1.807) is 0 Å². The van der Waals surface area contributed by atoms with Crippen LogP contribution in [0.1, 0.15) is 12.6 Å². The van der Waals surface area contributed by atoms with Gasteiger partial charge < -0.3 is 14.8 Å². The molecule has 1 aliphatic rings.